The second-order valence-electron chi connectivity index (χ2n) is 2.31. The summed E-state index contributed by atoms with van der Waals surface area (Å²) in [5, 5.41) is 2.11. The summed E-state index contributed by atoms with van der Waals surface area (Å²) in [5.74, 6) is -1.36. The number of carbonyl (C=O) groups is 3. The fraction of sp³-hybridized carbons (Fsp3) is 0.500. The van der Waals surface area contributed by atoms with Crippen LogP contribution >= 0.6 is 22.6 Å². The number of nitrogens with one attached hydrogen (secondary N) is 1. The van der Waals surface area contributed by atoms with E-state index in [9.17, 15) is 14.4 Å². The van der Waals surface area contributed by atoms with E-state index in [4.69, 9.17) is 0 Å². The molecule has 0 aromatic carbocycles. The molecule has 1 fully saturated rings. The lowest BCUT2D eigenvalue weighted by Gasteiger charge is -2.16. The molecular weight excluding hydrogens is 261 g/mol. The molecule has 1 aliphatic rings. The predicted molar refractivity (Wildman–Crippen MR) is 44.9 cm³/mol. The minimum Gasteiger partial charge on any atom is -0.296 e. The van der Waals surface area contributed by atoms with Gasteiger partial charge in [0.15, 0.2) is 0 Å². The highest BCUT2D eigenvalue weighted by Crippen LogP contribution is 2.15. The molecule has 4 nitrogen and oxygen atoms in total. The number of carbonyl (C=O) groups excluding carboxylic acids is 3. The second-order valence-corrected chi connectivity index (χ2v) is 3.37. The van der Waals surface area contributed by atoms with Gasteiger partial charge in [0.05, 0.1) is 0 Å². The highest BCUT2D eigenvalue weighted by molar-refractivity contribution is 14.1. The van der Waals surface area contributed by atoms with E-state index < -0.39 is 11.8 Å². The van der Waals surface area contributed by atoms with E-state index in [1.807, 2.05) is 0 Å². The smallest absolute Gasteiger partial charge is 0.237 e. The van der Waals surface area contributed by atoms with Gasteiger partial charge in [0.1, 0.15) is 5.92 Å². The summed E-state index contributed by atoms with van der Waals surface area (Å²) in [4.78, 5) is 32.2. The third-order valence-corrected chi connectivity index (χ3v) is 2.26. The van der Waals surface area contributed by atoms with E-state index in [0.29, 0.717) is 6.42 Å². The van der Waals surface area contributed by atoms with Gasteiger partial charge in [0.25, 0.3) is 0 Å². The Kier molecular flexibility index (Phi) is 2.58. The molecule has 0 aromatic rings. The van der Waals surface area contributed by atoms with Gasteiger partial charge in [-0.05, 0) is 6.42 Å². The quantitative estimate of drug-likeness (QED) is 0.315. The highest BCUT2D eigenvalue weighted by atomic mass is 127. The summed E-state index contributed by atoms with van der Waals surface area (Å²) in [6.07, 6.45) is 0.623. The van der Waals surface area contributed by atoms with E-state index >= 15 is 0 Å². The first-order valence-corrected chi connectivity index (χ1v) is 4.22. The zero-order chi connectivity index (χ0) is 8.43. The molecule has 0 saturated carbocycles. The van der Waals surface area contributed by atoms with Gasteiger partial charge in [0, 0.05) is 29.0 Å². The second kappa shape index (κ2) is 3.29. The predicted octanol–water partition coefficient (Wildman–Crippen LogP) is 0.000800. The molecule has 0 bridgehead atoms. The molecule has 1 aliphatic heterocycles. The normalized spacial score (nSPS) is 24.6. The van der Waals surface area contributed by atoms with Crippen molar-refractivity contribution in [2.24, 2.45) is 5.92 Å². The average molecular weight is 267 g/mol. The summed E-state index contributed by atoms with van der Waals surface area (Å²) in [7, 11) is 0. The molecule has 0 radical (unpaired) electrons. The lowest BCUT2D eigenvalue weighted by molar-refractivity contribution is -0.138. The van der Waals surface area contributed by atoms with E-state index in [-0.39, 0.29) is 16.1 Å². The van der Waals surface area contributed by atoms with Crippen molar-refractivity contribution in [2.45, 2.75) is 12.8 Å². The molecule has 1 unspecified atom stereocenters. The molecule has 11 heavy (non-hydrogen) atoms. The minimum atomic E-state index is -0.617. The summed E-state index contributed by atoms with van der Waals surface area (Å²) in [5.41, 5.74) is 0. The number of amides is 2. The Balaban J connectivity index is 2.65. The Bertz CT molecular complexity index is 226. The maximum absolute atomic E-state index is 10.9. The van der Waals surface area contributed by atoms with Crippen LogP contribution in [0.1, 0.15) is 12.8 Å². The monoisotopic (exact) mass is 267 g/mol. The van der Waals surface area contributed by atoms with Crippen LogP contribution < -0.4 is 5.32 Å². The van der Waals surface area contributed by atoms with Crippen molar-refractivity contribution in [1.29, 1.82) is 0 Å². The van der Waals surface area contributed by atoms with E-state index in [1.165, 1.54) is 0 Å². The highest BCUT2D eigenvalue weighted by Gasteiger charge is 2.30. The SMILES string of the molecule is O=C1CCC(C(=O)I)C(=O)N1. The maximum Gasteiger partial charge on any atom is 0.237 e. The standard InChI is InChI=1S/C6H6INO3/c7-5(10)3-1-2-4(9)8-6(3)11/h3H,1-2H2,(H,8,9,11). The first-order valence-electron chi connectivity index (χ1n) is 3.14. The number of piperidine rings is 1. The molecule has 60 valence electrons. The van der Waals surface area contributed by atoms with Crippen LogP contribution in [0.2, 0.25) is 0 Å². The van der Waals surface area contributed by atoms with Crippen molar-refractivity contribution < 1.29 is 14.4 Å². The van der Waals surface area contributed by atoms with Gasteiger partial charge in [0.2, 0.25) is 15.6 Å². The zero-order valence-electron chi connectivity index (χ0n) is 5.59. The van der Waals surface area contributed by atoms with Crippen LogP contribution in [0.3, 0.4) is 0 Å². The molecule has 1 atom stereocenters. The topological polar surface area (TPSA) is 63.2 Å². The van der Waals surface area contributed by atoms with Gasteiger partial charge in [-0.1, -0.05) is 0 Å². The summed E-state index contributed by atoms with van der Waals surface area (Å²) >= 11 is 1.57. The average Bonchev–Trinajstić information content (AvgIpc) is 1.85. The minimum absolute atomic E-state index is 0.201. The van der Waals surface area contributed by atoms with Gasteiger partial charge in [-0.25, -0.2) is 0 Å². The third kappa shape index (κ3) is 1.98. The van der Waals surface area contributed by atoms with Crippen molar-refractivity contribution in [3.05, 3.63) is 0 Å². The van der Waals surface area contributed by atoms with Crippen LogP contribution in [0.15, 0.2) is 0 Å². The van der Waals surface area contributed by atoms with Crippen LogP contribution in [-0.4, -0.2) is 15.6 Å². The van der Waals surface area contributed by atoms with E-state index in [0.717, 1.165) is 0 Å². The Morgan fingerprint density at radius 3 is 2.64 bits per heavy atom. The van der Waals surface area contributed by atoms with Crippen LogP contribution in [0, 0.1) is 5.92 Å². The molecule has 1 heterocycles. The maximum atomic E-state index is 10.9. The largest absolute Gasteiger partial charge is 0.296 e. The fourth-order valence-electron chi connectivity index (χ4n) is 0.910. The van der Waals surface area contributed by atoms with Crippen LogP contribution in [0.4, 0.5) is 0 Å². The lowest BCUT2D eigenvalue weighted by Crippen LogP contribution is -2.42. The Labute approximate surface area is 76.9 Å². The van der Waals surface area contributed by atoms with Crippen LogP contribution in [0.5, 0.6) is 0 Å². The van der Waals surface area contributed by atoms with E-state index in [2.05, 4.69) is 5.32 Å². The molecule has 2 amide bonds. The number of hydrogen-bond donors (Lipinski definition) is 1. The molecule has 0 spiro atoms. The summed E-state index contributed by atoms with van der Waals surface area (Å²) in [6, 6.07) is 0. The van der Waals surface area contributed by atoms with Crippen LogP contribution in [-0.2, 0) is 14.4 Å². The number of imide groups is 1. The Morgan fingerprint density at radius 1 is 1.55 bits per heavy atom. The van der Waals surface area contributed by atoms with Gasteiger partial charge in [-0.3, -0.25) is 19.7 Å². The van der Waals surface area contributed by atoms with Gasteiger partial charge in [-0.2, -0.15) is 0 Å². The zero-order valence-corrected chi connectivity index (χ0v) is 7.75. The Hall–Kier alpha value is -0.460. The molecular formula is C6H6INO3. The molecule has 5 heteroatoms. The first kappa shape index (κ1) is 8.63. The first-order chi connectivity index (χ1) is 5.11. The summed E-state index contributed by atoms with van der Waals surface area (Å²) in [6.45, 7) is 0. The van der Waals surface area contributed by atoms with E-state index in [1.54, 1.807) is 22.6 Å². The van der Waals surface area contributed by atoms with Crippen molar-refractivity contribution in [2.75, 3.05) is 0 Å². The van der Waals surface area contributed by atoms with Gasteiger partial charge in [-0.15, -0.1) is 0 Å². The van der Waals surface area contributed by atoms with Crippen LogP contribution in [0.25, 0.3) is 0 Å². The molecule has 1 N–H and O–H groups in total. The van der Waals surface area contributed by atoms with Crippen molar-refractivity contribution in [3.8, 4) is 0 Å². The van der Waals surface area contributed by atoms with Gasteiger partial charge >= 0.3 is 0 Å². The number of halogens is 1. The van der Waals surface area contributed by atoms with Crippen molar-refractivity contribution in [1.82, 2.24) is 5.32 Å². The lowest BCUT2D eigenvalue weighted by atomic mass is 10.0. The summed E-state index contributed by atoms with van der Waals surface area (Å²) < 4.78 is -0.201. The molecule has 1 saturated heterocycles. The Morgan fingerprint density at radius 2 is 2.18 bits per heavy atom. The van der Waals surface area contributed by atoms with Gasteiger partial charge < -0.3 is 0 Å². The third-order valence-electron chi connectivity index (χ3n) is 1.51. The fourth-order valence-corrected chi connectivity index (χ4v) is 1.50. The molecule has 0 aromatic heterocycles. The molecule has 1 rings (SSSR count). The molecule has 0 aliphatic carbocycles. The number of hydrogen-bond acceptors (Lipinski definition) is 3. The van der Waals surface area contributed by atoms with Crippen molar-refractivity contribution >= 4 is 38.2 Å². The number of rotatable bonds is 1. The van der Waals surface area contributed by atoms with Crippen molar-refractivity contribution in [3.63, 3.8) is 0 Å².